The van der Waals surface area contributed by atoms with Gasteiger partial charge in [-0.05, 0) is 42.8 Å². The number of amides is 1. The summed E-state index contributed by atoms with van der Waals surface area (Å²) in [5.74, 6) is -0.214. The van der Waals surface area contributed by atoms with Gasteiger partial charge in [-0.3, -0.25) is 4.79 Å². The number of hydrogen-bond acceptors (Lipinski definition) is 3. The SMILES string of the molecule is Nc1ccccc1N1CCCN(C(NC(=O)CCc2ccccc2)C(Cl)(Cl)Cl)C1=S. The van der Waals surface area contributed by atoms with E-state index in [0.717, 1.165) is 17.7 Å². The zero-order chi connectivity index (χ0) is 21.7. The lowest BCUT2D eigenvalue weighted by atomic mass is 10.1. The standard InChI is InChI=1S/C21H23Cl3N4OS/c22-21(23,24)19(26-18(29)12-11-15-7-2-1-3-8-15)28-14-6-13-27(20(28)30)17-10-5-4-9-16(17)25/h1-5,7-10,19H,6,11-14,25H2,(H,26,29). The Morgan fingerprint density at radius 1 is 1.10 bits per heavy atom. The summed E-state index contributed by atoms with van der Waals surface area (Å²) in [7, 11) is 0. The Labute approximate surface area is 197 Å². The number of thiocarbonyl (C=S) groups is 1. The molecule has 0 saturated carbocycles. The second-order valence-corrected chi connectivity index (χ2v) is 9.77. The van der Waals surface area contributed by atoms with E-state index in [-0.39, 0.29) is 12.3 Å². The molecule has 0 aliphatic carbocycles. The number of anilines is 2. The molecule has 3 N–H and O–H groups in total. The summed E-state index contributed by atoms with van der Waals surface area (Å²) in [5, 5.41) is 3.32. The van der Waals surface area contributed by atoms with Gasteiger partial charge in [0.15, 0.2) is 11.3 Å². The van der Waals surface area contributed by atoms with E-state index >= 15 is 0 Å². The van der Waals surface area contributed by atoms with Crippen molar-refractivity contribution in [3.8, 4) is 0 Å². The number of nitrogens with one attached hydrogen (secondary N) is 1. The molecule has 9 heteroatoms. The summed E-state index contributed by atoms with van der Waals surface area (Å²) in [6.07, 6.45) is 0.741. The molecule has 1 saturated heterocycles. The first kappa shape index (κ1) is 22.9. The van der Waals surface area contributed by atoms with Gasteiger partial charge in [0, 0.05) is 19.5 Å². The molecular formula is C21H23Cl3N4OS. The summed E-state index contributed by atoms with van der Waals surface area (Å²) >= 11 is 24.5. The van der Waals surface area contributed by atoms with Crippen molar-refractivity contribution in [1.29, 1.82) is 0 Å². The Bertz CT molecular complexity index is 891. The predicted octanol–water partition coefficient (Wildman–Crippen LogP) is 4.51. The third-order valence-electron chi connectivity index (χ3n) is 4.89. The minimum Gasteiger partial charge on any atom is -0.397 e. The number of nitrogens with zero attached hydrogens (tertiary/aromatic N) is 2. The van der Waals surface area contributed by atoms with Crippen LogP contribution in [0.3, 0.4) is 0 Å². The van der Waals surface area contributed by atoms with Crippen molar-refractivity contribution in [3.05, 3.63) is 60.2 Å². The first-order chi connectivity index (χ1) is 14.3. The molecule has 2 aromatic rings. The van der Waals surface area contributed by atoms with Crippen molar-refractivity contribution in [2.45, 2.75) is 29.2 Å². The number of aryl methyl sites for hydroxylation is 1. The van der Waals surface area contributed by atoms with Gasteiger partial charge in [-0.15, -0.1) is 0 Å². The molecule has 1 unspecified atom stereocenters. The second kappa shape index (κ2) is 10.1. The number of carbonyl (C=O) groups is 1. The molecule has 3 rings (SSSR count). The molecule has 0 radical (unpaired) electrons. The normalized spacial score (nSPS) is 15.8. The highest BCUT2D eigenvalue weighted by atomic mass is 35.6. The van der Waals surface area contributed by atoms with Crippen LogP contribution in [0.15, 0.2) is 54.6 Å². The van der Waals surface area contributed by atoms with E-state index in [1.54, 1.807) is 4.90 Å². The summed E-state index contributed by atoms with van der Waals surface area (Å²) < 4.78 is -1.77. The van der Waals surface area contributed by atoms with Crippen LogP contribution in [-0.2, 0) is 11.2 Å². The van der Waals surface area contributed by atoms with Gasteiger partial charge in [0.25, 0.3) is 0 Å². The third-order valence-corrected chi connectivity index (χ3v) is 5.96. The lowest BCUT2D eigenvalue weighted by Crippen LogP contribution is -2.62. The Balaban J connectivity index is 1.73. The van der Waals surface area contributed by atoms with Crippen molar-refractivity contribution in [1.82, 2.24) is 10.2 Å². The maximum Gasteiger partial charge on any atom is 0.228 e. The Hall–Kier alpha value is -1.73. The number of hydrogen-bond donors (Lipinski definition) is 2. The monoisotopic (exact) mass is 484 g/mol. The quantitative estimate of drug-likeness (QED) is 0.358. The summed E-state index contributed by atoms with van der Waals surface area (Å²) in [6, 6.07) is 17.2. The minimum absolute atomic E-state index is 0.214. The molecular weight excluding hydrogens is 463 g/mol. The first-order valence-electron chi connectivity index (χ1n) is 9.60. The number of para-hydroxylation sites is 2. The van der Waals surface area contributed by atoms with Crippen molar-refractivity contribution in [2.75, 3.05) is 23.7 Å². The zero-order valence-electron chi connectivity index (χ0n) is 16.2. The molecule has 2 aromatic carbocycles. The lowest BCUT2D eigenvalue weighted by molar-refractivity contribution is -0.122. The molecule has 0 aromatic heterocycles. The molecule has 0 spiro atoms. The average Bonchev–Trinajstić information content (AvgIpc) is 2.72. The molecule has 30 heavy (non-hydrogen) atoms. The third kappa shape index (κ3) is 5.70. The van der Waals surface area contributed by atoms with Crippen molar-refractivity contribution >= 4 is 69.4 Å². The maximum atomic E-state index is 12.6. The van der Waals surface area contributed by atoms with Crippen LogP contribution in [0.5, 0.6) is 0 Å². The Morgan fingerprint density at radius 2 is 1.77 bits per heavy atom. The molecule has 0 bridgehead atoms. The minimum atomic E-state index is -1.77. The molecule has 5 nitrogen and oxygen atoms in total. The number of alkyl halides is 3. The summed E-state index contributed by atoms with van der Waals surface area (Å²) in [6.45, 7) is 1.25. The molecule has 160 valence electrons. The van der Waals surface area contributed by atoms with Gasteiger partial charge < -0.3 is 20.9 Å². The summed E-state index contributed by atoms with van der Waals surface area (Å²) in [4.78, 5) is 16.3. The van der Waals surface area contributed by atoms with Crippen LogP contribution in [0.2, 0.25) is 0 Å². The Morgan fingerprint density at radius 3 is 2.43 bits per heavy atom. The zero-order valence-corrected chi connectivity index (χ0v) is 19.3. The molecule has 1 fully saturated rings. The van der Waals surface area contributed by atoms with Gasteiger partial charge in [0.1, 0.15) is 0 Å². The van der Waals surface area contributed by atoms with Crippen LogP contribution in [0, 0.1) is 0 Å². The van der Waals surface area contributed by atoms with Gasteiger partial charge in [0.05, 0.1) is 11.4 Å². The lowest BCUT2D eigenvalue weighted by Gasteiger charge is -2.44. The van der Waals surface area contributed by atoms with Crippen molar-refractivity contribution in [2.24, 2.45) is 0 Å². The number of carbonyl (C=O) groups excluding carboxylic acids is 1. The highest BCUT2D eigenvalue weighted by molar-refractivity contribution is 7.80. The van der Waals surface area contributed by atoms with E-state index in [2.05, 4.69) is 5.32 Å². The number of rotatable bonds is 6. The molecule has 1 amide bonds. The fraction of sp³-hybridized carbons (Fsp3) is 0.333. The Kier molecular flexibility index (Phi) is 7.69. The van der Waals surface area contributed by atoms with E-state index in [4.69, 9.17) is 52.8 Å². The van der Waals surface area contributed by atoms with Crippen LogP contribution in [0.25, 0.3) is 0 Å². The van der Waals surface area contributed by atoms with Gasteiger partial charge >= 0.3 is 0 Å². The molecule has 1 aliphatic heterocycles. The fourth-order valence-corrected chi connectivity index (χ4v) is 4.31. The number of halogens is 3. The van der Waals surface area contributed by atoms with Gasteiger partial charge in [-0.2, -0.15) is 0 Å². The second-order valence-electron chi connectivity index (χ2n) is 7.04. The van der Waals surface area contributed by atoms with E-state index in [1.807, 2.05) is 59.5 Å². The van der Waals surface area contributed by atoms with E-state index in [0.29, 0.717) is 30.3 Å². The van der Waals surface area contributed by atoms with E-state index in [9.17, 15) is 4.79 Å². The maximum absolute atomic E-state index is 12.6. The number of benzene rings is 2. The van der Waals surface area contributed by atoms with Crippen LogP contribution >= 0.6 is 47.0 Å². The van der Waals surface area contributed by atoms with Crippen LogP contribution in [-0.4, -0.2) is 39.0 Å². The number of nitrogen functional groups attached to an aromatic ring is 1. The van der Waals surface area contributed by atoms with Crippen LogP contribution in [0.1, 0.15) is 18.4 Å². The van der Waals surface area contributed by atoms with E-state index < -0.39 is 9.96 Å². The average molecular weight is 486 g/mol. The molecule has 1 aliphatic rings. The van der Waals surface area contributed by atoms with Gasteiger partial charge in [-0.25, -0.2) is 0 Å². The molecule has 1 heterocycles. The van der Waals surface area contributed by atoms with Crippen molar-refractivity contribution < 1.29 is 4.79 Å². The number of nitrogens with two attached hydrogens (primary N) is 1. The van der Waals surface area contributed by atoms with E-state index in [1.165, 1.54) is 0 Å². The molecule has 1 atom stereocenters. The fourth-order valence-electron chi connectivity index (χ4n) is 3.41. The highest BCUT2D eigenvalue weighted by Gasteiger charge is 2.42. The van der Waals surface area contributed by atoms with Crippen LogP contribution in [0.4, 0.5) is 11.4 Å². The first-order valence-corrected chi connectivity index (χ1v) is 11.1. The van der Waals surface area contributed by atoms with Gasteiger partial charge in [0.2, 0.25) is 9.70 Å². The topological polar surface area (TPSA) is 61.6 Å². The van der Waals surface area contributed by atoms with Crippen molar-refractivity contribution in [3.63, 3.8) is 0 Å². The highest BCUT2D eigenvalue weighted by Crippen LogP contribution is 2.35. The smallest absolute Gasteiger partial charge is 0.228 e. The predicted molar refractivity (Wildman–Crippen MR) is 129 cm³/mol. The largest absolute Gasteiger partial charge is 0.397 e. The van der Waals surface area contributed by atoms with Gasteiger partial charge in [-0.1, -0.05) is 77.3 Å². The van der Waals surface area contributed by atoms with Crippen LogP contribution < -0.4 is 16.0 Å². The summed E-state index contributed by atoms with van der Waals surface area (Å²) in [5.41, 5.74) is 8.60.